The molecule has 19 heavy (non-hydrogen) atoms. The van der Waals surface area contributed by atoms with Crippen molar-refractivity contribution in [3.63, 3.8) is 0 Å². The molecule has 0 amide bonds. The van der Waals surface area contributed by atoms with Crippen LogP contribution < -0.4 is 0 Å². The van der Waals surface area contributed by atoms with Gasteiger partial charge in [0.25, 0.3) is 0 Å². The Bertz CT molecular complexity index is 544. The molecule has 2 aromatic rings. The van der Waals surface area contributed by atoms with E-state index >= 15 is 0 Å². The van der Waals surface area contributed by atoms with E-state index in [2.05, 4.69) is 30.3 Å². The minimum Gasteiger partial charge on any atom is -0.508 e. The number of epoxide rings is 1. The van der Waals surface area contributed by atoms with E-state index in [1.54, 1.807) is 6.07 Å². The summed E-state index contributed by atoms with van der Waals surface area (Å²) in [6, 6.07) is 16.3. The Hall–Kier alpha value is -1.80. The van der Waals surface area contributed by atoms with E-state index in [4.69, 9.17) is 4.74 Å². The highest BCUT2D eigenvalue weighted by molar-refractivity contribution is 5.38. The first-order valence-electron chi connectivity index (χ1n) is 6.77. The molecule has 2 aromatic carbocycles. The Morgan fingerprint density at radius 3 is 2.58 bits per heavy atom. The van der Waals surface area contributed by atoms with Gasteiger partial charge in [-0.25, -0.2) is 0 Å². The number of aryl methyl sites for hydroxylation is 1. The smallest absolute Gasteiger partial charge is 0.118 e. The van der Waals surface area contributed by atoms with Gasteiger partial charge in [0.05, 0.1) is 12.7 Å². The zero-order valence-corrected chi connectivity index (χ0v) is 10.9. The van der Waals surface area contributed by atoms with Gasteiger partial charge >= 0.3 is 0 Å². The summed E-state index contributed by atoms with van der Waals surface area (Å²) in [5.41, 5.74) is 3.57. The van der Waals surface area contributed by atoms with Crippen LogP contribution in [0.3, 0.4) is 0 Å². The van der Waals surface area contributed by atoms with Gasteiger partial charge in [0.1, 0.15) is 5.75 Å². The van der Waals surface area contributed by atoms with E-state index in [-0.39, 0.29) is 0 Å². The fraction of sp³-hybridized carbons (Fsp3) is 0.294. The van der Waals surface area contributed by atoms with Crippen molar-refractivity contribution in [3.8, 4) is 5.75 Å². The second-order valence-electron chi connectivity index (χ2n) is 5.12. The minimum absolute atomic E-state index is 0.400. The maximum Gasteiger partial charge on any atom is 0.118 e. The fourth-order valence-corrected chi connectivity index (χ4v) is 2.33. The van der Waals surface area contributed by atoms with E-state index in [1.165, 1.54) is 11.1 Å². The molecular formula is C17H18O2. The predicted octanol–water partition coefficient (Wildman–Crippen LogP) is 3.31. The van der Waals surface area contributed by atoms with Crippen LogP contribution in [0.1, 0.15) is 23.1 Å². The largest absolute Gasteiger partial charge is 0.508 e. The van der Waals surface area contributed by atoms with Crippen molar-refractivity contribution in [2.75, 3.05) is 6.61 Å². The SMILES string of the molecule is Oc1ccc(Cc2ccccc2)cc1CCC1CO1. The second-order valence-corrected chi connectivity index (χ2v) is 5.12. The average molecular weight is 254 g/mol. The zero-order chi connectivity index (χ0) is 13.1. The molecule has 1 heterocycles. The Morgan fingerprint density at radius 1 is 1.05 bits per heavy atom. The van der Waals surface area contributed by atoms with Crippen molar-refractivity contribution in [2.45, 2.75) is 25.4 Å². The Kier molecular flexibility index (Phi) is 3.51. The van der Waals surface area contributed by atoms with E-state index in [0.29, 0.717) is 11.9 Å². The van der Waals surface area contributed by atoms with Crippen LogP contribution in [-0.4, -0.2) is 17.8 Å². The molecule has 2 nitrogen and oxygen atoms in total. The number of rotatable bonds is 5. The second kappa shape index (κ2) is 5.45. The summed E-state index contributed by atoms with van der Waals surface area (Å²) in [5.74, 6) is 0.400. The molecule has 0 aliphatic carbocycles. The molecule has 2 heteroatoms. The van der Waals surface area contributed by atoms with Crippen LogP contribution in [0, 0.1) is 0 Å². The van der Waals surface area contributed by atoms with Crippen LogP contribution in [0.5, 0.6) is 5.75 Å². The molecule has 0 bridgehead atoms. The number of aromatic hydroxyl groups is 1. The molecule has 0 saturated carbocycles. The van der Waals surface area contributed by atoms with Crippen molar-refractivity contribution < 1.29 is 9.84 Å². The molecule has 3 rings (SSSR count). The molecule has 1 saturated heterocycles. The number of phenols is 1. The fourth-order valence-electron chi connectivity index (χ4n) is 2.33. The van der Waals surface area contributed by atoms with E-state index < -0.39 is 0 Å². The lowest BCUT2D eigenvalue weighted by atomic mass is 9.99. The monoisotopic (exact) mass is 254 g/mol. The molecule has 1 aliphatic rings. The molecule has 1 fully saturated rings. The van der Waals surface area contributed by atoms with Crippen molar-refractivity contribution in [3.05, 3.63) is 65.2 Å². The summed E-state index contributed by atoms with van der Waals surface area (Å²) >= 11 is 0. The average Bonchev–Trinajstić information content (AvgIpc) is 3.25. The van der Waals surface area contributed by atoms with Gasteiger partial charge in [-0.3, -0.25) is 0 Å². The van der Waals surface area contributed by atoms with Crippen molar-refractivity contribution in [1.82, 2.24) is 0 Å². The first-order chi connectivity index (χ1) is 9.31. The van der Waals surface area contributed by atoms with E-state index in [0.717, 1.165) is 31.4 Å². The number of hydrogen-bond donors (Lipinski definition) is 1. The Balaban J connectivity index is 1.72. The van der Waals surface area contributed by atoms with Gasteiger partial charge in [-0.1, -0.05) is 42.5 Å². The number of phenolic OH excluding ortho intramolecular Hbond substituents is 1. The molecule has 1 atom stereocenters. The molecule has 98 valence electrons. The van der Waals surface area contributed by atoms with Crippen molar-refractivity contribution in [2.24, 2.45) is 0 Å². The third-order valence-corrected chi connectivity index (χ3v) is 3.53. The lowest BCUT2D eigenvalue weighted by Gasteiger charge is -2.07. The summed E-state index contributed by atoms with van der Waals surface area (Å²) in [6.45, 7) is 0.879. The quantitative estimate of drug-likeness (QED) is 0.830. The van der Waals surface area contributed by atoms with Gasteiger partial charge in [0.15, 0.2) is 0 Å². The van der Waals surface area contributed by atoms with Crippen LogP contribution in [0.25, 0.3) is 0 Å². The molecule has 1 unspecified atom stereocenters. The summed E-state index contributed by atoms with van der Waals surface area (Å²) in [4.78, 5) is 0. The molecule has 0 spiro atoms. The van der Waals surface area contributed by atoms with Gasteiger partial charge in [-0.05, 0) is 42.0 Å². The minimum atomic E-state index is 0.400. The standard InChI is InChI=1S/C17H18O2/c18-17-9-6-14(10-13-4-2-1-3-5-13)11-15(17)7-8-16-12-19-16/h1-6,9,11,16,18H,7-8,10,12H2. The molecule has 1 aliphatic heterocycles. The normalized spacial score (nSPS) is 17.4. The summed E-state index contributed by atoms with van der Waals surface area (Å²) < 4.78 is 5.21. The maximum absolute atomic E-state index is 9.89. The highest BCUT2D eigenvalue weighted by Gasteiger charge is 2.22. The first kappa shape index (κ1) is 12.2. The molecular weight excluding hydrogens is 236 g/mol. The topological polar surface area (TPSA) is 32.8 Å². The third-order valence-electron chi connectivity index (χ3n) is 3.53. The lowest BCUT2D eigenvalue weighted by molar-refractivity contribution is 0.394. The Labute approximate surface area is 113 Å². The van der Waals surface area contributed by atoms with Gasteiger partial charge in [-0.15, -0.1) is 0 Å². The maximum atomic E-state index is 9.89. The molecule has 0 aromatic heterocycles. The van der Waals surface area contributed by atoms with Crippen LogP contribution >= 0.6 is 0 Å². The van der Waals surface area contributed by atoms with Gasteiger partial charge in [0.2, 0.25) is 0 Å². The van der Waals surface area contributed by atoms with Crippen LogP contribution in [-0.2, 0) is 17.6 Å². The van der Waals surface area contributed by atoms with Crippen LogP contribution in [0.4, 0.5) is 0 Å². The molecule has 0 radical (unpaired) electrons. The number of hydrogen-bond acceptors (Lipinski definition) is 2. The van der Waals surface area contributed by atoms with Gasteiger partial charge < -0.3 is 9.84 Å². The summed E-state index contributed by atoms with van der Waals surface area (Å²) in [7, 11) is 0. The zero-order valence-electron chi connectivity index (χ0n) is 10.9. The van der Waals surface area contributed by atoms with Crippen molar-refractivity contribution in [1.29, 1.82) is 0 Å². The van der Waals surface area contributed by atoms with Crippen molar-refractivity contribution >= 4 is 0 Å². The van der Waals surface area contributed by atoms with Gasteiger partial charge in [-0.2, -0.15) is 0 Å². The first-order valence-corrected chi connectivity index (χ1v) is 6.77. The number of ether oxygens (including phenoxy) is 1. The predicted molar refractivity (Wildman–Crippen MR) is 75.4 cm³/mol. The van der Waals surface area contributed by atoms with Gasteiger partial charge in [0, 0.05) is 0 Å². The summed E-state index contributed by atoms with van der Waals surface area (Å²) in [5, 5.41) is 9.89. The lowest BCUT2D eigenvalue weighted by Crippen LogP contribution is -1.95. The van der Waals surface area contributed by atoms with Crippen LogP contribution in [0.15, 0.2) is 48.5 Å². The Morgan fingerprint density at radius 2 is 1.84 bits per heavy atom. The van der Waals surface area contributed by atoms with E-state index in [9.17, 15) is 5.11 Å². The third kappa shape index (κ3) is 3.36. The number of benzene rings is 2. The van der Waals surface area contributed by atoms with E-state index in [1.807, 2.05) is 12.1 Å². The molecule has 1 N–H and O–H groups in total. The highest BCUT2D eigenvalue weighted by Crippen LogP contribution is 2.24. The summed E-state index contributed by atoms with van der Waals surface area (Å²) in [6.07, 6.45) is 3.22. The van der Waals surface area contributed by atoms with Crippen LogP contribution in [0.2, 0.25) is 0 Å². The highest BCUT2D eigenvalue weighted by atomic mass is 16.6.